The van der Waals surface area contributed by atoms with E-state index in [1.807, 2.05) is 0 Å². The van der Waals surface area contributed by atoms with E-state index in [1.54, 1.807) is 24.3 Å². The highest BCUT2D eigenvalue weighted by Crippen LogP contribution is 2.42. The molecule has 7 nitrogen and oxygen atoms in total. The third kappa shape index (κ3) is 3.57. The number of carbonyl (C=O) groups excluding carboxylic acids is 1. The first-order valence-corrected chi connectivity index (χ1v) is 10.5. The second kappa shape index (κ2) is 7.46. The van der Waals surface area contributed by atoms with E-state index in [4.69, 9.17) is 0 Å². The van der Waals surface area contributed by atoms with Crippen molar-refractivity contribution >= 4 is 5.78 Å². The molecule has 3 N–H and O–H groups in total. The molecule has 1 atom stereocenters. The van der Waals surface area contributed by atoms with E-state index in [1.165, 1.54) is 22.8 Å². The number of hydrogen-bond donors (Lipinski definition) is 3. The fourth-order valence-corrected chi connectivity index (χ4v) is 4.49. The Kier molecular flexibility index (Phi) is 4.74. The summed E-state index contributed by atoms with van der Waals surface area (Å²) in [6, 6.07) is 11.1. The van der Waals surface area contributed by atoms with Crippen molar-refractivity contribution in [1.29, 1.82) is 0 Å². The molecule has 0 spiro atoms. The Morgan fingerprint density at radius 3 is 2.58 bits per heavy atom. The van der Waals surface area contributed by atoms with Gasteiger partial charge in [-0.3, -0.25) is 4.79 Å². The zero-order chi connectivity index (χ0) is 21.6. The zero-order valence-electron chi connectivity index (χ0n) is 16.9. The van der Waals surface area contributed by atoms with Crippen molar-refractivity contribution in [3.05, 3.63) is 64.6 Å². The van der Waals surface area contributed by atoms with Gasteiger partial charge in [-0.25, -0.2) is 18.9 Å². The van der Waals surface area contributed by atoms with E-state index >= 15 is 4.39 Å². The first-order chi connectivity index (χ1) is 15.0. The van der Waals surface area contributed by atoms with Crippen molar-refractivity contribution in [1.82, 2.24) is 20.1 Å². The molecule has 160 valence electrons. The molecule has 5 rings (SSSR count). The first-order valence-electron chi connectivity index (χ1n) is 10.5. The number of phenolic OH excluding ortho intramolecular Hbond substituents is 1. The molecule has 1 aromatic heterocycles. The smallest absolute Gasteiger partial charge is 0.348 e. The predicted octanol–water partition coefficient (Wildman–Crippen LogP) is 2.57. The fraction of sp³-hybridized carbons (Fsp3) is 0.348. The van der Waals surface area contributed by atoms with Crippen molar-refractivity contribution in [2.45, 2.75) is 25.7 Å². The number of H-pyrrole nitrogens is 1. The Morgan fingerprint density at radius 2 is 1.94 bits per heavy atom. The SMILES string of the molecule is O=C(C1CC1)[C@]1(Cc2n[nH]c(=O)n2-c2ccc(-c3ccc(O)cc3)cc2F)CCNC1. The maximum atomic E-state index is 15.1. The fourth-order valence-electron chi connectivity index (χ4n) is 4.49. The molecule has 0 bridgehead atoms. The highest BCUT2D eigenvalue weighted by molar-refractivity contribution is 5.89. The zero-order valence-corrected chi connectivity index (χ0v) is 16.9. The van der Waals surface area contributed by atoms with Gasteiger partial charge in [-0.2, -0.15) is 5.10 Å². The number of hydrogen-bond acceptors (Lipinski definition) is 5. The minimum absolute atomic E-state index is 0.0938. The van der Waals surface area contributed by atoms with Crippen LogP contribution in [0, 0.1) is 17.2 Å². The molecule has 1 saturated carbocycles. The van der Waals surface area contributed by atoms with Gasteiger partial charge in [0, 0.05) is 24.3 Å². The molecule has 2 aliphatic rings. The molecule has 8 heteroatoms. The first kappa shape index (κ1) is 19.7. The van der Waals surface area contributed by atoms with Crippen molar-refractivity contribution in [2.24, 2.45) is 11.3 Å². The number of nitrogens with zero attached hydrogens (tertiary/aromatic N) is 2. The Balaban J connectivity index is 1.50. The number of halogens is 1. The van der Waals surface area contributed by atoms with Crippen LogP contribution in [0.2, 0.25) is 0 Å². The van der Waals surface area contributed by atoms with Crippen LogP contribution in [0.1, 0.15) is 25.1 Å². The number of benzene rings is 2. The molecule has 1 saturated heterocycles. The summed E-state index contributed by atoms with van der Waals surface area (Å²) in [5.41, 5.74) is 0.323. The summed E-state index contributed by atoms with van der Waals surface area (Å²) in [5, 5.41) is 19.3. The van der Waals surface area contributed by atoms with Crippen LogP contribution in [0.25, 0.3) is 16.8 Å². The molecule has 2 heterocycles. The lowest BCUT2D eigenvalue weighted by Gasteiger charge is -2.26. The van der Waals surface area contributed by atoms with Crippen LogP contribution in [0.15, 0.2) is 47.3 Å². The van der Waals surface area contributed by atoms with Crippen LogP contribution in [-0.4, -0.2) is 38.7 Å². The number of aromatic hydroxyl groups is 1. The van der Waals surface area contributed by atoms with Crippen LogP contribution in [-0.2, 0) is 11.2 Å². The molecule has 2 aromatic carbocycles. The second-order valence-electron chi connectivity index (χ2n) is 8.52. The molecule has 1 aliphatic heterocycles. The number of phenols is 1. The minimum Gasteiger partial charge on any atom is -0.508 e. The lowest BCUT2D eigenvalue weighted by molar-refractivity contribution is -0.129. The number of rotatable bonds is 6. The maximum Gasteiger partial charge on any atom is 0.348 e. The molecule has 31 heavy (non-hydrogen) atoms. The van der Waals surface area contributed by atoms with Gasteiger partial charge in [0.1, 0.15) is 23.2 Å². The maximum absolute atomic E-state index is 15.1. The largest absolute Gasteiger partial charge is 0.508 e. The monoisotopic (exact) mass is 422 g/mol. The summed E-state index contributed by atoms with van der Waals surface area (Å²) in [6.45, 7) is 1.29. The number of nitrogens with one attached hydrogen (secondary N) is 2. The van der Waals surface area contributed by atoms with Crippen LogP contribution < -0.4 is 11.0 Å². The number of aromatic amines is 1. The van der Waals surface area contributed by atoms with Crippen molar-refractivity contribution in [3.63, 3.8) is 0 Å². The lowest BCUT2D eigenvalue weighted by atomic mass is 9.77. The third-order valence-electron chi connectivity index (χ3n) is 6.34. The minimum atomic E-state index is -0.604. The Morgan fingerprint density at radius 1 is 1.19 bits per heavy atom. The van der Waals surface area contributed by atoms with E-state index in [2.05, 4.69) is 15.5 Å². The highest BCUT2D eigenvalue weighted by atomic mass is 19.1. The van der Waals surface area contributed by atoms with Crippen molar-refractivity contribution in [2.75, 3.05) is 13.1 Å². The third-order valence-corrected chi connectivity index (χ3v) is 6.34. The second-order valence-corrected chi connectivity index (χ2v) is 8.52. The van der Waals surface area contributed by atoms with Gasteiger partial charge < -0.3 is 10.4 Å². The van der Waals surface area contributed by atoms with E-state index in [-0.39, 0.29) is 29.6 Å². The van der Waals surface area contributed by atoms with Crippen LogP contribution in [0.3, 0.4) is 0 Å². The number of aromatic nitrogens is 3. The van der Waals surface area contributed by atoms with Crippen molar-refractivity contribution in [3.8, 4) is 22.6 Å². The molecule has 0 radical (unpaired) electrons. The molecule has 0 unspecified atom stereocenters. The summed E-state index contributed by atoms with van der Waals surface area (Å²) in [7, 11) is 0. The molecular formula is C23H23FN4O3. The van der Waals surface area contributed by atoms with Crippen LogP contribution in [0.4, 0.5) is 4.39 Å². The van der Waals surface area contributed by atoms with E-state index in [9.17, 15) is 14.7 Å². The van der Waals surface area contributed by atoms with Gasteiger partial charge in [0.2, 0.25) is 0 Å². The normalized spacial score (nSPS) is 20.8. The molecule has 2 fully saturated rings. The predicted molar refractivity (Wildman–Crippen MR) is 113 cm³/mol. The molecular weight excluding hydrogens is 399 g/mol. The Bertz CT molecular complexity index is 1190. The quantitative estimate of drug-likeness (QED) is 0.567. The van der Waals surface area contributed by atoms with Crippen LogP contribution in [0.5, 0.6) is 5.75 Å². The highest BCUT2D eigenvalue weighted by Gasteiger charge is 2.48. The lowest BCUT2D eigenvalue weighted by Crippen LogP contribution is -2.38. The Hall–Kier alpha value is -3.26. The topological polar surface area (TPSA) is 100 Å². The van der Waals surface area contributed by atoms with Gasteiger partial charge in [0.15, 0.2) is 0 Å². The standard InChI is InChI=1S/C23H23FN4O3/c24-18-11-16(14-3-6-17(29)7-4-14)5-8-19(18)28-20(26-27-22(28)31)12-23(9-10-25-13-23)21(30)15-1-2-15/h3-8,11,15,25,29H,1-2,9-10,12-13H2,(H,27,31)/t23-/m0/s1. The molecule has 0 amide bonds. The van der Waals surface area contributed by atoms with Crippen molar-refractivity contribution < 1.29 is 14.3 Å². The average Bonchev–Trinajstić information content (AvgIpc) is 3.41. The molecule has 1 aliphatic carbocycles. The van der Waals surface area contributed by atoms with Gasteiger partial charge in [-0.05, 0) is 61.2 Å². The van der Waals surface area contributed by atoms with Gasteiger partial charge in [-0.15, -0.1) is 0 Å². The Labute approximate surface area is 177 Å². The van der Waals surface area contributed by atoms with Gasteiger partial charge in [-0.1, -0.05) is 18.2 Å². The summed E-state index contributed by atoms with van der Waals surface area (Å²) in [6.07, 6.45) is 2.81. The van der Waals surface area contributed by atoms with E-state index in [0.717, 1.165) is 24.9 Å². The van der Waals surface area contributed by atoms with Gasteiger partial charge in [0.25, 0.3) is 0 Å². The number of carbonyl (C=O) groups is 1. The van der Waals surface area contributed by atoms with Gasteiger partial charge in [0.05, 0.1) is 5.69 Å². The van der Waals surface area contributed by atoms with E-state index < -0.39 is 16.9 Å². The number of Topliss-reactive ketones (excluding diaryl/α,β-unsaturated/α-hetero) is 1. The summed E-state index contributed by atoms with van der Waals surface area (Å²) in [5.74, 6) is 0.246. The van der Waals surface area contributed by atoms with Crippen LogP contribution >= 0.6 is 0 Å². The van der Waals surface area contributed by atoms with E-state index in [0.29, 0.717) is 24.4 Å². The molecule has 3 aromatic rings. The summed E-state index contributed by atoms with van der Waals surface area (Å²) >= 11 is 0. The number of ketones is 1. The summed E-state index contributed by atoms with van der Waals surface area (Å²) < 4.78 is 16.3. The summed E-state index contributed by atoms with van der Waals surface area (Å²) in [4.78, 5) is 25.6. The average molecular weight is 422 g/mol. The van der Waals surface area contributed by atoms with Gasteiger partial charge >= 0.3 is 5.69 Å².